The average molecular weight is 621 g/mol. The van der Waals surface area contributed by atoms with E-state index < -0.39 is 28.5 Å². The Morgan fingerprint density at radius 3 is 2.34 bits per heavy atom. The highest BCUT2D eigenvalue weighted by molar-refractivity contribution is 7.92. The number of halogens is 2. The summed E-state index contributed by atoms with van der Waals surface area (Å²) in [6.45, 7) is 5.29. The molecule has 3 aromatic carbocycles. The Bertz CT molecular complexity index is 1470. The van der Waals surface area contributed by atoms with Gasteiger partial charge in [-0.2, -0.15) is 0 Å². The van der Waals surface area contributed by atoms with E-state index in [0.717, 1.165) is 22.7 Å². The number of sulfonamides is 1. The van der Waals surface area contributed by atoms with Gasteiger partial charge in [-0.25, -0.2) is 8.42 Å². The van der Waals surface area contributed by atoms with Crippen LogP contribution in [0.4, 0.5) is 5.69 Å². The van der Waals surface area contributed by atoms with Crippen molar-refractivity contribution in [2.45, 2.75) is 51.1 Å². The Morgan fingerprint density at radius 1 is 1.02 bits per heavy atom. The van der Waals surface area contributed by atoms with Crippen molar-refractivity contribution in [2.24, 2.45) is 0 Å². The molecule has 3 aromatic rings. The van der Waals surface area contributed by atoms with Gasteiger partial charge in [0, 0.05) is 23.1 Å². The lowest BCUT2D eigenvalue weighted by atomic mass is 10.1. The topological polar surface area (TPSA) is 96.0 Å². The van der Waals surface area contributed by atoms with E-state index in [4.69, 9.17) is 27.9 Å². The van der Waals surface area contributed by atoms with Crippen LogP contribution in [0.1, 0.15) is 37.8 Å². The van der Waals surface area contributed by atoms with Crippen LogP contribution in [0, 0.1) is 6.92 Å². The molecule has 0 saturated carbocycles. The molecule has 2 amide bonds. The third-order valence-corrected chi connectivity index (χ3v) is 8.97. The van der Waals surface area contributed by atoms with Crippen molar-refractivity contribution < 1.29 is 22.7 Å². The number of carbonyl (C=O) groups excluding carboxylic acids is 2. The van der Waals surface area contributed by atoms with Gasteiger partial charge in [-0.15, -0.1) is 0 Å². The number of rotatable bonds is 13. The first-order valence-electron chi connectivity index (χ1n) is 13.2. The zero-order chi connectivity index (χ0) is 30.2. The zero-order valence-electron chi connectivity index (χ0n) is 23.6. The third kappa shape index (κ3) is 8.15. The van der Waals surface area contributed by atoms with Crippen molar-refractivity contribution in [3.05, 3.63) is 87.9 Å². The van der Waals surface area contributed by atoms with Crippen LogP contribution in [0.15, 0.2) is 71.6 Å². The SMILES string of the molecule is CCCCNC(=O)C(C)N(Cc1ccccc1Cl)C(=O)CN(c1cc(Cl)ccc1OC)S(=O)(=O)c1ccc(C)cc1. The summed E-state index contributed by atoms with van der Waals surface area (Å²) < 4.78 is 34.5. The molecule has 0 bridgehead atoms. The van der Waals surface area contributed by atoms with Crippen molar-refractivity contribution >= 4 is 50.7 Å². The van der Waals surface area contributed by atoms with E-state index in [1.165, 1.54) is 36.3 Å². The summed E-state index contributed by atoms with van der Waals surface area (Å²) in [5.41, 5.74) is 1.58. The first kappa shape index (κ1) is 32.2. The Balaban J connectivity index is 2.08. The van der Waals surface area contributed by atoms with E-state index in [9.17, 15) is 18.0 Å². The summed E-state index contributed by atoms with van der Waals surface area (Å²) in [5.74, 6) is -0.756. The summed E-state index contributed by atoms with van der Waals surface area (Å²) in [5, 5.41) is 3.54. The molecule has 0 radical (unpaired) electrons. The summed E-state index contributed by atoms with van der Waals surface area (Å²) in [6, 6.07) is 16.9. The summed E-state index contributed by atoms with van der Waals surface area (Å²) in [4.78, 5) is 28.5. The number of hydrogen-bond acceptors (Lipinski definition) is 5. The fraction of sp³-hybridized carbons (Fsp3) is 0.333. The van der Waals surface area contributed by atoms with Gasteiger partial charge in [-0.1, -0.05) is 72.4 Å². The van der Waals surface area contributed by atoms with Gasteiger partial charge in [-0.05, 0) is 62.2 Å². The van der Waals surface area contributed by atoms with E-state index in [1.54, 1.807) is 49.4 Å². The highest BCUT2D eigenvalue weighted by Gasteiger charge is 2.34. The lowest BCUT2D eigenvalue weighted by Crippen LogP contribution is -2.51. The van der Waals surface area contributed by atoms with Crippen LogP contribution >= 0.6 is 23.2 Å². The Morgan fingerprint density at radius 2 is 1.71 bits per heavy atom. The monoisotopic (exact) mass is 619 g/mol. The normalized spacial score (nSPS) is 12.0. The van der Waals surface area contributed by atoms with Crippen LogP contribution in [0.5, 0.6) is 5.75 Å². The van der Waals surface area contributed by atoms with Crippen molar-refractivity contribution in [1.29, 1.82) is 0 Å². The number of aryl methyl sites for hydroxylation is 1. The summed E-state index contributed by atoms with van der Waals surface area (Å²) in [7, 11) is -2.87. The molecule has 0 aromatic heterocycles. The Kier molecular flexibility index (Phi) is 11.5. The van der Waals surface area contributed by atoms with Crippen LogP contribution in [0.2, 0.25) is 10.0 Å². The number of amides is 2. The predicted octanol–water partition coefficient (Wildman–Crippen LogP) is 5.84. The van der Waals surface area contributed by atoms with Crippen LogP contribution in [0.25, 0.3) is 0 Å². The van der Waals surface area contributed by atoms with Crippen molar-refractivity contribution in [2.75, 3.05) is 24.5 Å². The maximum atomic E-state index is 14.1. The summed E-state index contributed by atoms with van der Waals surface area (Å²) >= 11 is 12.7. The van der Waals surface area contributed by atoms with Crippen LogP contribution in [-0.2, 0) is 26.2 Å². The third-order valence-electron chi connectivity index (χ3n) is 6.59. The van der Waals surface area contributed by atoms with Gasteiger partial charge in [0.2, 0.25) is 11.8 Å². The summed E-state index contributed by atoms with van der Waals surface area (Å²) in [6.07, 6.45) is 1.68. The molecule has 0 saturated heterocycles. The molecule has 11 heteroatoms. The Labute approximate surface area is 252 Å². The quantitative estimate of drug-likeness (QED) is 0.243. The van der Waals surface area contributed by atoms with Crippen LogP contribution < -0.4 is 14.4 Å². The largest absolute Gasteiger partial charge is 0.495 e. The van der Waals surface area contributed by atoms with Gasteiger partial charge in [0.15, 0.2) is 0 Å². The van der Waals surface area contributed by atoms with E-state index >= 15 is 0 Å². The lowest BCUT2D eigenvalue weighted by Gasteiger charge is -2.32. The number of unbranched alkanes of at least 4 members (excludes halogenated alkanes) is 1. The second-order valence-corrected chi connectivity index (χ2v) is 12.3. The predicted molar refractivity (Wildman–Crippen MR) is 163 cm³/mol. The van der Waals surface area contributed by atoms with Crippen LogP contribution in [-0.4, -0.2) is 51.4 Å². The standard InChI is InChI=1S/C30H35Cl2N3O5S/c1-5-6-17-33-30(37)22(3)34(19-23-9-7-8-10-26(23)32)29(36)20-35(27-18-24(31)13-16-28(27)40-4)41(38,39)25-14-11-21(2)12-15-25/h7-16,18,22H,5-6,17,19-20H2,1-4H3,(H,33,37). The van der Waals surface area contributed by atoms with Gasteiger partial charge in [0.1, 0.15) is 18.3 Å². The fourth-order valence-electron chi connectivity index (χ4n) is 4.14. The Hall–Kier alpha value is -3.27. The van der Waals surface area contributed by atoms with Gasteiger partial charge in [-0.3, -0.25) is 13.9 Å². The second kappa shape index (κ2) is 14.6. The second-order valence-electron chi connectivity index (χ2n) is 9.57. The van der Waals surface area contributed by atoms with Crippen molar-refractivity contribution in [3.8, 4) is 5.75 Å². The smallest absolute Gasteiger partial charge is 0.264 e. The molecule has 8 nitrogen and oxygen atoms in total. The van der Waals surface area contributed by atoms with Gasteiger partial charge < -0.3 is 15.0 Å². The molecule has 220 valence electrons. The number of nitrogens with one attached hydrogen (secondary N) is 1. The fourth-order valence-corrected chi connectivity index (χ4v) is 5.92. The zero-order valence-corrected chi connectivity index (χ0v) is 25.9. The highest BCUT2D eigenvalue weighted by Crippen LogP contribution is 2.35. The molecule has 0 spiro atoms. The number of nitrogens with zero attached hydrogens (tertiary/aromatic N) is 2. The minimum absolute atomic E-state index is 0.00797. The molecular weight excluding hydrogens is 585 g/mol. The molecule has 0 aliphatic rings. The van der Waals surface area contributed by atoms with E-state index in [2.05, 4.69) is 5.32 Å². The number of anilines is 1. The maximum Gasteiger partial charge on any atom is 0.264 e. The number of carbonyl (C=O) groups is 2. The van der Waals surface area contributed by atoms with Crippen molar-refractivity contribution in [3.63, 3.8) is 0 Å². The maximum absolute atomic E-state index is 14.1. The van der Waals surface area contributed by atoms with E-state index in [1.807, 2.05) is 13.8 Å². The molecule has 0 aliphatic heterocycles. The first-order valence-corrected chi connectivity index (χ1v) is 15.4. The number of hydrogen-bond donors (Lipinski definition) is 1. The van der Waals surface area contributed by atoms with Crippen molar-refractivity contribution in [1.82, 2.24) is 10.2 Å². The van der Waals surface area contributed by atoms with E-state index in [0.29, 0.717) is 17.1 Å². The van der Waals surface area contributed by atoms with Gasteiger partial charge in [0.25, 0.3) is 10.0 Å². The number of methoxy groups -OCH3 is 1. The molecule has 41 heavy (non-hydrogen) atoms. The number of benzene rings is 3. The number of ether oxygens (including phenoxy) is 1. The van der Waals surface area contributed by atoms with Gasteiger partial charge in [0.05, 0.1) is 17.7 Å². The minimum Gasteiger partial charge on any atom is -0.495 e. The molecule has 1 N–H and O–H groups in total. The molecule has 0 fully saturated rings. The van der Waals surface area contributed by atoms with E-state index in [-0.39, 0.29) is 33.8 Å². The highest BCUT2D eigenvalue weighted by atomic mass is 35.5. The molecule has 1 unspecified atom stereocenters. The molecule has 3 rings (SSSR count). The van der Waals surface area contributed by atoms with Gasteiger partial charge >= 0.3 is 0 Å². The minimum atomic E-state index is -4.27. The average Bonchev–Trinajstić information content (AvgIpc) is 2.95. The van der Waals surface area contributed by atoms with Crippen LogP contribution in [0.3, 0.4) is 0 Å². The molecule has 1 atom stereocenters. The molecule has 0 heterocycles. The first-order chi connectivity index (χ1) is 19.5. The lowest BCUT2D eigenvalue weighted by molar-refractivity contribution is -0.139. The molecular formula is C30H35Cl2N3O5S. The molecule has 0 aliphatic carbocycles.